The Morgan fingerprint density at radius 3 is 2.33 bits per heavy atom. The second-order valence-electron chi connectivity index (χ2n) is 6.31. The molecule has 1 aliphatic carbocycles. The lowest BCUT2D eigenvalue weighted by Gasteiger charge is -2.30. The summed E-state index contributed by atoms with van der Waals surface area (Å²) in [5.74, 6) is -1.09. The largest absolute Gasteiger partial charge is 0.481 e. The van der Waals surface area contributed by atoms with E-state index in [1.165, 1.54) is 12.5 Å². The summed E-state index contributed by atoms with van der Waals surface area (Å²) in [6, 6.07) is 5.06. The SMILES string of the molecule is O=C(O)C1(c2ccc(N3CCCCC3)c(F)c2)CCCC1. The predicted octanol–water partition coefficient (Wildman–Crippen LogP) is 3.71. The molecule has 1 aliphatic heterocycles. The number of benzene rings is 1. The number of rotatable bonds is 3. The van der Waals surface area contributed by atoms with Crippen LogP contribution in [0.3, 0.4) is 0 Å². The number of hydrogen-bond acceptors (Lipinski definition) is 2. The van der Waals surface area contributed by atoms with E-state index in [1.54, 1.807) is 6.07 Å². The lowest BCUT2D eigenvalue weighted by atomic mass is 9.79. The van der Waals surface area contributed by atoms with Crippen LogP contribution < -0.4 is 4.90 Å². The number of anilines is 1. The number of carbonyl (C=O) groups is 1. The Labute approximate surface area is 124 Å². The minimum atomic E-state index is -0.874. The molecule has 0 amide bonds. The fraction of sp³-hybridized carbons (Fsp3) is 0.588. The first-order valence-electron chi connectivity index (χ1n) is 7.92. The smallest absolute Gasteiger partial charge is 0.314 e. The van der Waals surface area contributed by atoms with Gasteiger partial charge >= 0.3 is 5.97 Å². The van der Waals surface area contributed by atoms with E-state index in [0.29, 0.717) is 24.1 Å². The van der Waals surface area contributed by atoms with Gasteiger partial charge in [0.05, 0.1) is 11.1 Å². The Bertz CT molecular complexity index is 532. The first-order valence-corrected chi connectivity index (χ1v) is 7.92. The molecule has 114 valence electrons. The molecule has 2 fully saturated rings. The number of halogens is 1. The molecule has 1 N–H and O–H groups in total. The van der Waals surface area contributed by atoms with Crippen LogP contribution in [0.1, 0.15) is 50.5 Å². The molecule has 3 rings (SSSR count). The van der Waals surface area contributed by atoms with Crippen LogP contribution in [-0.4, -0.2) is 24.2 Å². The first-order chi connectivity index (χ1) is 10.1. The molecule has 0 atom stereocenters. The van der Waals surface area contributed by atoms with Crippen molar-refractivity contribution in [2.45, 2.75) is 50.4 Å². The van der Waals surface area contributed by atoms with E-state index in [-0.39, 0.29) is 5.82 Å². The van der Waals surface area contributed by atoms with Crippen LogP contribution in [0.4, 0.5) is 10.1 Å². The highest BCUT2D eigenvalue weighted by atomic mass is 19.1. The molecule has 21 heavy (non-hydrogen) atoms. The summed E-state index contributed by atoms with van der Waals surface area (Å²) >= 11 is 0. The molecule has 1 aromatic carbocycles. The normalized spacial score (nSPS) is 21.5. The van der Waals surface area contributed by atoms with Crippen molar-refractivity contribution in [3.8, 4) is 0 Å². The minimum Gasteiger partial charge on any atom is -0.481 e. The third-order valence-electron chi connectivity index (χ3n) is 5.06. The number of aliphatic carboxylic acids is 1. The highest BCUT2D eigenvalue weighted by Crippen LogP contribution is 2.42. The Balaban J connectivity index is 1.91. The van der Waals surface area contributed by atoms with Crippen molar-refractivity contribution in [2.75, 3.05) is 18.0 Å². The number of piperidine rings is 1. The second kappa shape index (κ2) is 5.66. The summed E-state index contributed by atoms with van der Waals surface area (Å²) in [7, 11) is 0. The Morgan fingerprint density at radius 1 is 1.10 bits per heavy atom. The monoisotopic (exact) mass is 291 g/mol. The fourth-order valence-corrected chi connectivity index (χ4v) is 3.80. The Hall–Kier alpha value is -1.58. The lowest BCUT2D eigenvalue weighted by molar-refractivity contribution is -0.143. The zero-order valence-electron chi connectivity index (χ0n) is 12.3. The van der Waals surface area contributed by atoms with Crippen LogP contribution in [0.2, 0.25) is 0 Å². The van der Waals surface area contributed by atoms with Gasteiger partial charge in [0.2, 0.25) is 0 Å². The zero-order chi connectivity index (χ0) is 14.9. The molecule has 0 bridgehead atoms. The van der Waals surface area contributed by atoms with Crippen molar-refractivity contribution in [2.24, 2.45) is 0 Å². The third-order valence-corrected chi connectivity index (χ3v) is 5.06. The molecule has 0 spiro atoms. The molecule has 0 aromatic heterocycles. The van der Waals surface area contributed by atoms with Crippen LogP contribution in [0.5, 0.6) is 0 Å². The molecule has 1 aromatic rings. The number of hydrogen-bond donors (Lipinski definition) is 1. The third kappa shape index (κ3) is 2.52. The maximum Gasteiger partial charge on any atom is 0.314 e. The average molecular weight is 291 g/mol. The number of carboxylic acids is 1. The predicted molar refractivity (Wildman–Crippen MR) is 80.2 cm³/mol. The van der Waals surface area contributed by atoms with E-state index >= 15 is 0 Å². The summed E-state index contributed by atoms with van der Waals surface area (Å²) in [4.78, 5) is 13.8. The van der Waals surface area contributed by atoms with Crippen molar-refractivity contribution in [3.05, 3.63) is 29.6 Å². The van der Waals surface area contributed by atoms with Crippen molar-refractivity contribution >= 4 is 11.7 Å². The number of nitrogens with zero attached hydrogens (tertiary/aromatic N) is 1. The van der Waals surface area contributed by atoms with Crippen LogP contribution in [-0.2, 0) is 10.2 Å². The van der Waals surface area contributed by atoms with Crippen LogP contribution in [0.15, 0.2) is 18.2 Å². The lowest BCUT2D eigenvalue weighted by Crippen LogP contribution is -2.33. The van der Waals surface area contributed by atoms with Crippen molar-refractivity contribution < 1.29 is 14.3 Å². The quantitative estimate of drug-likeness (QED) is 0.923. The molecule has 3 nitrogen and oxygen atoms in total. The van der Waals surface area contributed by atoms with Crippen LogP contribution in [0, 0.1) is 5.82 Å². The highest BCUT2D eigenvalue weighted by Gasteiger charge is 2.43. The van der Waals surface area contributed by atoms with Crippen molar-refractivity contribution in [3.63, 3.8) is 0 Å². The van der Waals surface area contributed by atoms with Gasteiger partial charge in [-0.05, 0) is 49.8 Å². The first kappa shape index (κ1) is 14.4. The van der Waals surface area contributed by atoms with Gasteiger partial charge in [0.25, 0.3) is 0 Å². The topological polar surface area (TPSA) is 40.5 Å². The summed E-state index contributed by atoms with van der Waals surface area (Å²) in [5, 5.41) is 9.59. The zero-order valence-corrected chi connectivity index (χ0v) is 12.3. The maximum atomic E-state index is 14.5. The van der Waals surface area contributed by atoms with Gasteiger partial charge in [-0.25, -0.2) is 4.39 Å². The molecular formula is C17H22FNO2. The molecule has 0 radical (unpaired) electrons. The van der Waals surface area contributed by atoms with E-state index in [1.807, 2.05) is 6.07 Å². The number of carboxylic acid groups (broad SMARTS) is 1. The van der Waals surface area contributed by atoms with Crippen molar-refractivity contribution in [1.29, 1.82) is 0 Å². The van der Waals surface area contributed by atoms with Gasteiger partial charge in [0.1, 0.15) is 5.82 Å². The van der Waals surface area contributed by atoms with Crippen LogP contribution in [0.25, 0.3) is 0 Å². The van der Waals surface area contributed by atoms with Gasteiger partial charge < -0.3 is 10.0 Å². The molecular weight excluding hydrogens is 269 g/mol. The molecule has 1 saturated heterocycles. The van der Waals surface area contributed by atoms with E-state index in [0.717, 1.165) is 38.8 Å². The van der Waals surface area contributed by atoms with E-state index in [2.05, 4.69) is 4.90 Å². The highest BCUT2D eigenvalue weighted by molar-refractivity contribution is 5.82. The second-order valence-corrected chi connectivity index (χ2v) is 6.31. The van der Waals surface area contributed by atoms with Gasteiger partial charge in [0, 0.05) is 13.1 Å². The summed E-state index contributed by atoms with van der Waals surface area (Å²) in [5.41, 5.74) is 0.379. The van der Waals surface area contributed by atoms with Crippen LogP contribution >= 0.6 is 0 Å². The Kier molecular flexibility index (Phi) is 3.87. The summed E-state index contributed by atoms with van der Waals surface area (Å²) in [6.45, 7) is 1.78. The van der Waals surface area contributed by atoms with E-state index < -0.39 is 11.4 Å². The Morgan fingerprint density at radius 2 is 1.76 bits per heavy atom. The van der Waals surface area contributed by atoms with E-state index in [9.17, 15) is 14.3 Å². The summed E-state index contributed by atoms with van der Waals surface area (Å²) < 4.78 is 14.5. The summed E-state index contributed by atoms with van der Waals surface area (Å²) in [6.07, 6.45) is 6.44. The molecule has 1 saturated carbocycles. The van der Waals surface area contributed by atoms with E-state index in [4.69, 9.17) is 0 Å². The molecule has 4 heteroatoms. The van der Waals surface area contributed by atoms with Gasteiger partial charge in [-0.15, -0.1) is 0 Å². The van der Waals surface area contributed by atoms with Crippen molar-refractivity contribution in [1.82, 2.24) is 0 Å². The molecule has 2 aliphatic rings. The van der Waals surface area contributed by atoms with Gasteiger partial charge in [-0.1, -0.05) is 18.9 Å². The molecule has 1 heterocycles. The maximum absolute atomic E-state index is 14.5. The minimum absolute atomic E-state index is 0.276. The average Bonchev–Trinajstić information content (AvgIpc) is 2.99. The van der Waals surface area contributed by atoms with Gasteiger partial charge in [-0.2, -0.15) is 0 Å². The molecule has 0 unspecified atom stereocenters. The van der Waals surface area contributed by atoms with Gasteiger partial charge in [-0.3, -0.25) is 4.79 Å². The van der Waals surface area contributed by atoms with Gasteiger partial charge in [0.15, 0.2) is 0 Å². The fourth-order valence-electron chi connectivity index (χ4n) is 3.80. The standard InChI is InChI=1S/C17H22FNO2/c18-14-12-13(17(16(20)21)8-2-3-9-17)6-7-15(14)19-10-4-1-5-11-19/h6-7,12H,1-5,8-11H2,(H,20,21).